The van der Waals surface area contributed by atoms with E-state index < -0.39 is 23.6 Å². The highest BCUT2D eigenvalue weighted by Gasteiger charge is 2.58. The van der Waals surface area contributed by atoms with Gasteiger partial charge in [-0.25, -0.2) is 4.79 Å². The van der Waals surface area contributed by atoms with Crippen molar-refractivity contribution in [3.8, 4) is 0 Å². The van der Waals surface area contributed by atoms with E-state index in [0.717, 1.165) is 5.56 Å². The Bertz CT molecular complexity index is 490. The van der Waals surface area contributed by atoms with Crippen molar-refractivity contribution in [1.82, 2.24) is 10.3 Å². The van der Waals surface area contributed by atoms with Gasteiger partial charge in [-0.2, -0.15) is 13.2 Å². The molecule has 0 bridgehead atoms. The number of carboxylic acid groups (broad SMARTS) is 1. The molecule has 5 nitrogen and oxygen atoms in total. The summed E-state index contributed by atoms with van der Waals surface area (Å²) in [7, 11) is 0. The third-order valence-electron chi connectivity index (χ3n) is 2.77. The maximum atomic E-state index is 12.7. The van der Waals surface area contributed by atoms with E-state index in [9.17, 15) is 22.8 Å². The summed E-state index contributed by atoms with van der Waals surface area (Å²) in [4.78, 5) is 26.0. The van der Waals surface area contributed by atoms with Crippen LogP contribution in [0.4, 0.5) is 13.2 Å². The lowest BCUT2D eigenvalue weighted by atomic mass is 10.0. The van der Waals surface area contributed by atoms with Gasteiger partial charge in [-0.3, -0.25) is 9.78 Å². The van der Waals surface area contributed by atoms with Gasteiger partial charge >= 0.3 is 12.1 Å². The minimum Gasteiger partial charge on any atom is -0.479 e. The maximum absolute atomic E-state index is 12.7. The third-order valence-corrected chi connectivity index (χ3v) is 2.77. The van der Waals surface area contributed by atoms with E-state index in [-0.39, 0.29) is 12.8 Å². The van der Waals surface area contributed by atoms with E-state index in [1.54, 1.807) is 12.1 Å². The maximum Gasteiger partial charge on any atom is 0.422 e. The van der Waals surface area contributed by atoms with Crippen LogP contribution in [-0.2, 0) is 16.0 Å². The van der Waals surface area contributed by atoms with E-state index >= 15 is 0 Å². The molecule has 1 heterocycles. The van der Waals surface area contributed by atoms with Crippen LogP contribution in [-0.4, -0.2) is 33.7 Å². The van der Waals surface area contributed by atoms with E-state index in [2.05, 4.69) is 4.98 Å². The molecule has 20 heavy (non-hydrogen) atoms. The Morgan fingerprint density at radius 3 is 2.30 bits per heavy atom. The Morgan fingerprint density at radius 2 is 1.85 bits per heavy atom. The van der Waals surface area contributed by atoms with Crippen LogP contribution >= 0.6 is 0 Å². The number of carboxylic acids is 1. The second-order valence-electron chi connectivity index (χ2n) is 4.33. The van der Waals surface area contributed by atoms with Gasteiger partial charge in [0.05, 0.1) is 0 Å². The Labute approximate surface area is 112 Å². The third kappa shape index (κ3) is 3.69. The lowest BCUT2D eigenvalue weighted by Crippen LogP contribution is -2.61. The summed E-state index contributed by atoms with van der Waals surface area (Å²) in [5.41, 5.74) is -2.57. The molecule has 0 aromatic carbocycles. The van der Waals surface area contributed by atoms with Gasteiger partial charge in [-0.1, -0.05) is 0 Å². The van der Waals surface area contributed by atoms with Crippen LogP contribution in [0.25, 0.3) is 0 Å². The molecule has 1 unspecified atom stereocenters. The zero-order valence-corrected chi connectivity index (χ0v) is 10.6. The molecule has 1 aromatic heterocycles. The Kier molecular flexibility index (Phi) is 4.69. The number of amides is 1. The van der Waals surface area contributed by atoms with Crippen LogP contribution in [0, 0.1) is 0 Å². The molecule has 2 N–H and O–H groups in total. The van der Waals surface area contributed by atoms with E-state index in [4.69, 9.17) is 5.11 Å². The Balaban J connectivity index is 2.67. The fourth-order valence-corrected chi connectivity index (χ4v) is 1.39. The zero-order chi connectivity index (χ0) is 15.4. The summed E-state index contributed by atoms with van der Waals surface area (Å²) < 4.78 is 38.0. The van der Waals surface area contributed by atoms with Crippen molar-refractivity contribution in [2.75, 3.05) is 0 Å². The number of alkyl halides is 3. The van der Waals surface area contributed by atoms with Gasteiger partial charge in [0, 0.05) is 18.8 Å². The largest absolute Gasteiger partial charge is 0.479 e. The minimum absolute atomic E-state index is 0.196. The average molecular weight is 290 g/mol. The van der Waals surface area contributed by atoms with Gasteiger partial charge in [0.2, 0.25) is 11.4 Å². The molecular formula is C12H13F3N2O3. The Morgan fingerprint density at radius 1 is 1.30 bits per heavy atom. The van der Waals surface area contributed by atoms with Crippen molar-refractivity contribution in [3.05, 3.63) is 30.1 Å². The van der Waals surface area contributed by atoms with Crippen molar-refractivity contribution < 1.29 is 27.9 Å². The quantitative estimate of drug-likeness (QED) is 0.862. The highest BCUT2D eigenvalue weighted by Crippen LogP contribution is 2.30. The van der Waals surface area contributed by atoms with Crippen LogP contribution < -0.4 is 5.32 Å². The molecule has 0 saturated carbocycles. The number of nitrogens with one attached hydrogen (secondary N) is 1. The first kappa shape index (κ1) is 15.9. The molecule has 1 atom stereocenters. The first-order valence-electron chi connectivity index (χ1n) is 5.67. The number of carbonyl (C=O) groups is 2. The molecule has 0 spiro atoms. The molecule has 1 aromatic rings. The molecular weight excluding hydrogens is 277 g/mol. The van der Waals surface area contributed by atoms with Gasteiger partial charge in [0.25, 0.3) is 0 Å². The number of pyridine rings is 1. The number of halogens is 3. The fraction of sp³-hybridized carbons (Fsp3) is 0.417. The van der Waals surface area contributed by atoms with Crippen LogP contribution in [0.2, 0.25) is 0 Å². The van der Waals surface area contributed by atoms with Gasteiger partial charge in [0.1, 0.15) is 0 Å². The topological polar surface area (TPSA) is 79.3 Å². The van der Waals surface area contributed by atoms with Gasteiger partial charge in [-0.05, 0) is 31.0 Å². The predicted octanol–water partition coefficient (Wildman–Crippen LogP) is 1.54. The molecule has 0 fully saturated rings. The van der Waals surface area contributed by atoms with E-state index in [1.165, 1.54) is 17.7 Å². The lowest BCUT2D eigenvalue weighted by Gasteiger charge is -2.28. The summed E-state index contributed by atoms with van der Waals surface area (Å²) in [5, 5.41) is 10.2. The molecule has 8 heteroatoms. The average Bonchev–Trinajstić information content (AvgIpc) is 2.36. The number of rotatable bonds is 5. The molecule has 0 aliphatic rings. The fourth-order valence-electron chi connectivity index (χ4n) is 1.39. The molecule has 0 radical (unpaired) electrons. The summed E-state index contributed by atoms with van der Waals surface area (Å²) in [5.74, 6) is -3.13. The van der Waals surface area contributed by atoms with Crippen LogP contribution in [0.5, 0.6) is 0 Å². The molecule has 1 rings (SSSR count). The van der Waals surface area contributed by atoms with Gasteiger partial charge in [-0.15, -0.1) is 0 Å². The monoisotopic (exact) mass is 290 g/mol. The van der Waals surface area contributed by atoms with Crippen molar-refractivity contribution in [3.63, 3.8) is 0 Å². The normalized spacial score (nSPS) is 14.4. The van der Waals surface area contributed by atoms with Crippen molar-refractivity contribution in [2.24, 2.45) is 0 Å². The molecule has 0 saturated heterocycles. The number of aliphatic carboxylic acids is 1. The van der Waals surface area contributed by atoms with Crippen molar-refractivity contribution in [1.29, 1.82) is 0 Å². The van der Waals surface area contributed by atoms with Crippen LogP contribution in [0.1, 0.15) is 18.9 Å². The number of carbonyl (C=O) groups excluding carboxylic acids is 1. The van der Waals surface area contributed by atoms with Crippen LogP contribution in [0.3, 0.4) is 0 Å². The first-order valence-corrected chi connectivity index (χ1v) is 5.67. The SMILES string of the molecule is CC(NC(=O)CCc1ccncc1)(C(=O)O)C(F)(F)F. The standard InChI is InChI=1S/C12H13F3N2O3/c1-11(10(19)20,12(13,14)15)17-9(18)3-2-8-4-6-16-7-5-8/h4-7H,2-3H2,1H3,(H,17,18)(H,19,20). The van der Waals surface area contributed by atoms with E-state index in [1.807, 2.05) is 0 Å². The molecule has 0 aliphatic heterocycles. The second kappa shape index (κ2) is 5.89. The molecule has 0 aliphatic carbocycles. The number of aromatic nitrogens is 1. The minimum atomic E-state index is -5.08. The van der Waals surface area contributed by atoms with Crippen LogP contribution in [0.15, 0.2) is 24.5 Å². The summed E-state index contributed by atoms with van der Waals surface area (Å²) in [6, 6.07) is 3.24. The van der Waals surface area contributed by atoms with Crippen molar-refractivity contribution >= 4 is 11.9 Å². The summed E-state index contributed by atoms with van der Waals surface area (Å²) in [6.45, 7) is 0.416. The highest BCUT2D eigenvalue weighted by molar-refractivity contribution is 5.87. The predicted molar refractivity (Wildman–Crippen MR) is 62.8 cm³/mol. The number of hydrogen-bond donors (Lipinski definition) is 2. The number of aryl methyl sites for hydroxylation is 1. The van der Waals surface area contributed by atoms with Gasteiger partial charge in [0.15, 0.2) is 0 Å². The first-order chi connectivity index (χ1) is 9.17. The molecule has 110 valence electrons. The van der Waals surface area contributed by atoms with Gasteiger partial charge < -0.3 is 10.4 Å². The molecule has 1 amide bonds. The highest BCUT2D eigenvalue weighted by atomic mass is 19.4. The smallest absolute Gasteiger partial charge is 0.422 e. The number of hydrogen-bond acceptors (Lipinski definition) is 3. The number of nitrogens with zero attached hydrogens (tertiary/aromatic N) is 1. The zero-order valence-electron chi connectivity index (χ0n) is 10.6. The summed E-state index contributed by atoms with van der Waals surface area (Å²) in [6.07, 6.45) is -2.15. The van der Waals surface area contributed by atoms with Crippen molar-refractivity contribution in [2.45, 2.75) is 31.5 Å². The lowest BCUT2D eigenvalue weighted by molar-refractivity contribution is -0.206. The van der Waals surface area contributed by atoms with E-state index in [0.29, 0.717) is 6.92 Å². The Hall–Kier alpha value is -2.12. The second-order valence-corrected chi connectivity index (χ2v) is 4.33. The summed E-state index contributed by atoms with van der Waals surface area (Å²) >= 11 is 0.